The van der Waals surface area contributed by atoms with E-state index < -0.39 is 41.7 Å². The van der Waals surface area contributed by atoms with E-state index in [4.69, 9.17) is 14.2 Å². The lowest BCUT2D eigenvalue weighted by Gasteiger charge is -2.63. The number of aldehydes is 1. The standard InChI is InChI=1S/C29H42O9/c1-15-23(32)24(33)25(34)26(37-15)38-18-5-9-28(14-30)17(12-18)3-4-21-20(28)6-8-27(2)19(7-10-29(21,27)35)16-11-22(31)36-13-16/h11,14-15,17-21,23-26,32-35H,3-10,12-13H2,1-2H3/t15-,17-,18-,19+,20-,21+,23+,24+,25-,26-,27+,28+,29-/m0/s1. The molecular weight excluding hydrogens is 492 g/mol. The second kappa shape index (κ2) is 9.35. The molecule has 0 unspecified atom stereocenters. The molecule has 0 aromatic carbocycles. The summed E-state index contributed by atoms with van der Waals surface area (Å²) in [5.74, 6) is 0.0678. The maximum absolute atomic E-state index is 12.9. The number of aliphatic hydroxyl groups is 4. The maximum Gasteiger partial charge on any atom is 0.331 e. The summed E-state index contributed by atoms with van der Waals surface area (Å²) < 4.78 is 17.0. The van der Waals surface area contributed by atoms with Crippen molar-refractivity contribution >= 4 is 12.3 Å². The fourth-order valence-corrected chi connectivity index (χ4v) is 9.73. The number of hydrogen-bond acceptors (Lipinski definition) is 9. The third kappa shape index (κ3) is 3.72. The molecule has 4 saturated carbocycles. The monoisotopic (exact) mass is 534 g/mol. The van der Waals surface area contributed by atoms with E-state index in [9.17, 15) is 30.0 Å². The lowest BCUT2D eigenvalue weighted by Crippen LogP contribution is -2.63. The number of cyclic esters (lactones) is 1. The Morgan fingerprint density at radius 2 is 1.79 bits per heavy atom. The van der Waals surface area contributed by atoms with Crippen LogP contribution in [0.25, 0.3) is 0 Å². The van der Waals surface area contributed by atoms with Crippen LogP contribution in [-0.2, 0) is 23.8 Å². The van der Waals surface area contributed by atoms with Crippen molar-refractivity contribution in [1.29, 1.82) is 0 Å². The van der Waals surface area contributed by atoms with Crippen LogP contribution in [0.2, 0.25) is 0 Å². The van der Waals surface area contributed by atoms with E-state index in [0.717, 1.165) is 37.7 Å². The molecule has 0 spiro atoms. The first-order valence-corrected chi connectivity index (χ1v) is 14.4. The topological polar surface area (TPSA) is 143 Å². The first-order valence-electron chi connectivity index (χ1n) is 14.4. The third-order valence-electron chi connectivity index (χ3n) is 11.9. The summed E-state index contributed by atoms with van der Waals surface area (Å²) in [5.41, 5.74) is -0.739. The van der Waals surface area contributed by atoms with Crippen molar-refractivity contribution in [1.82, 2.24) is 0 Å². The van der Waals surface area contributed by atoms with Crippen LogP contribution < -0.4 is 0 Å². The largest absolute Gasteiger partial charge is 0.458 e. The summed E-state index contributed by atoms with van der Waals surface area (Å²) in [6.45, 7) is 4.13. The van der Waals surface area contributed by atoms with Crippen molar-refractivity contribution in [3.05, 3.63) is 11.6 Å². The molecule has 0 amide bonds. The minimum Gasteiger partial charge on any atom is -0.458 e. The van der Waals surface area contributed by atoms with Gasteiger partial charge in [-0.15, -0.1) is 0 Å². The second-order valence-electron chi connectivity index (χ2n) is 13.2. The van der Waals surface area contributed by atoms with E-state index in [2.05, 4.69) is 6.92 Å². The number of ether oxygens (including phenoxy) is 3. The summed E-state index contributed by atoms with van der Waals surface area (Å²) >= 11 is 0. The summed E-state index contributed by atoms with van der Waals surface area (Å²) in [6, 6.07) is 0. The predicted octanol–water partition coefficient (Wildman–Crippen LogP) is 1.64. The van der Waals surface area contributed by atoms with E-state index in [0.29, 0.717) is 32.3 Å². The number of rotatable bonds is 4. The van der Waals surface area contributed by atoms with Gasteiger partial charge in [-0.3, -0.25) is 0 Å². The molecule has 6 aliphatic rings. The van der Waals surface area contributed by atoms with Gasteiger partial charge in [-0.1, -0.05) is 6.92 Å². The predicted molar refractivity (Wildman–Crippen MR) is 133 cm³/mol. The van der Waals surface area contributed by atoms with Gasteiger partial charge in [-0.25, -0.2) is 4.79 Å². The molecule has 2 aliphatic heterocycles. The summed E-state index contributed by atoms with van der Waals surface area (Å²) in [7, 11) is 0. The molecule has 9 nitrogen and oxygen atoms in total. The van der Waals surface area contributed by atoms with E-state index >= 15 is 0 Å². The lowest BCUT2D eigenvalue weighted by molar-refractivity contribution is -0.309. The molecule has 0 bridgehead atoms. The van der Waals surface area contributed by atoms with E-state index in [-0.39, 0.29) is 41.2 Å². The molecule has 9 heteroatoms. The molecule has 0 aromatic rings. The van der Waals surface area contributed by atoms with Gasteiger partial charge >= 0.3 is 5.97 Å². The maximum atomic E-state index is 12.9. The van der Waals surface area contributed by atoms with Crippen LogP contribution in [0.5, 0.6) is 0 Å². The Kier molecular flexibility index (Phi) is 6.60. The molecule has 38 heavy (non-hydrogen) atoms. The molecule has 212 valence electrons. The Morgan fingerprint density at radius 3 is 2.50 bits per heavy atom. The van der Waals surface area contributed by atoms with Crippen molar-refractivity contribution in [2.45, 2.75) is 114 Å². The Hall–Kier alpha value is -1.36. The van der Waals surface area contributed by atoms with Gasteiger partial charge in [-0.2, -0.15) is 0 Å². The quantitative estimate of drug-likeness (QED) is 0.240. The minimum atomic E-state index is -1.34. The molecule has 1 saturated heterocycles. The lowest BCUT2D eigenvalue weighted by atomic mass is 9.43. The molecule has 4 N–H and O–H groups in total. The number of carbonyl (C=O) groups excluding carboxylic acids is 2. The van der Waals surface area contributed by atoms with Crippen molar-refractivity contribution in [3.8, 4) is 0 Å². The number of aliphatic hydroxyl groups excluding tert-OH is 3. The van der Waals surface area contributed by atoms with Crippen LogP contribution in [0.1, 0.15) is 71.6 Å². The van der Waals surface area contributed by atoms with Crippen LogP contribution >= 0.6 is 0 Å². The highest BCUT2D eigenvalue weighted by atomic mass is 16.7. The summed E-state index contributed by atoms with van der Waals surface area (Å²) in [5, 5.41) is 42.9. The number of carbonyl (C=O) groups is 2. The van der Waals surface area contributed by atoms with Crippen LogP contribution in [0, 0.1) is 34.5 Å². The molecule has 6 rings (SSSR count). The molecule has 13 atom stereocenters. The van der Waals surface area contributed by atoms with Gasteiger partial charge in [0, 0.05) is 16.9 Å². The highest BCUT2D eigenvalue weighted by molar-refractivity contribution is 5.85. The first-order chi connectivity index (χ1) is 18.0. The Balaban J connectivity index is 1.19. The molecular formula is C29H42O9. The van der Waals surface area contributed by atoms with Gasteiger partial charge in [0.05, 0.1) is 17.8 Å². The highest BCUT2D eigenvalue weighted by Crippen LogP contribution is 2.69. The minimum absolute atomic E-state index is 0.0322. The molecule has 0 aromatic heterocycles. The average Bonchev–Trinajstić information content (AvgIpc) is 3.45. The van der Waals surface area contributed by atoms with E-state index in [1.54, 1.807) is 13.0 Å². The zero-order chi connectivity index (χ0) is 27.0. The number of fused-ring (bicyclic) bond motifs is 5. The van der Waals surface area contributed by atoms with Crippen molar-refractivity contribution in [2.24, 2.45) is 34.5 Å². The fraction of sp³-hybridized carbons (Fsp3) is 0.862. The molecule has 4 aliphatic carbocycles. The molecule has 2 heterocycles. The van der Waals surface area contributed by atoms with Crippen LogP contribution in [0.15, 0.2) is 11.6 Å². The van der Waals surface area contributed by atoms with Crippen LogP contribution in [0.3, 0.4) is 0 Å². The van der Waals surface area contributed by atoms with Gasteiger partial charge in [0.15, 0.2) is 6.29 Å². The van der Waals surface area contributed by atoms with Crippen LogP contribution in [-0.4, -0.2) is 81.7 Å². The SMILES string of the molecule is C[C@@H]1O[C@@H](O[C@H]2CC[C@@]3(C=O)[C@@H](CC[C@@H]4[C@@H]3CC[C@]3(C)[C@@H](C5=CC(=O)OC5)CC[C@]43O)C2)[C@@H](O)[C@H](O)[C@@H]1O. The smallest absolute Gasteiger partial charge is 0.331 e. The van der Waals surface area contributed by atoms with Crippen molar-refractivity contribution in [2.75, 3.05) is 6.61 Å². The number of esters is 1. The fourth-order valence-electron chi connectivity index (χ4n) is 9.73. The van der Waals surface area contributed by atoms with E-state index in [1.807, 2.05) is 0 Å². The molecule has 0 radical (unpaired) electrons. The Morgan fingerprint density at radius 1 is 1.00 bits per heavy atom. The van der Waals surface area contributed by atoms with Gasteiger partial charge < -0.3 is 39.4 Å². The highest BCUT2D eigenvalue weighted by Gasteiger charge is 2.68. The first kappa shape index (κ1) is 26.8. The van der Waals surface area contributed by atoms with Gasteiger partial charge in [0.25, 0.3) is 0 Å². The number of hydrogen-bond donors (Lipinski definition) is 4. The third-order valence-corrected chi connectivity index (χ3v) is 11.9. The van der Waals surface area contributed by atoms with Crippen LogP contribution in [0.4, 0.5) is 0 Å². The molecule has 5 fully saturated rings. The summed E-state index contributed by atoms with van der Waals surface area (Å²) in [6.07, 6.45) is 3.80. The Bertz CT molecular complexity index is 999. The normalized spacial score (nSPS) is 54.4. The zero-order valence-electron chi connectivity index (χ0n) is 22.3. The Labute approximate surface area is 223 Å². The second-order valence-corrected chi connectivity index (χ2v) is 13.2. The van der Waals surface area contributed by atoms with Gasteiger partial charge in [0.2, 0.25) is 0 Å². The van der Waals surface area contributed by atoms with Gasteiger partial charge in [-0.05, 0) is 94.0 Å². The van der Waals surface area contributed by atoms with E-state index in [1.165, 1.54) is 6.29 Å². The van der Waals surface area contributed by atoms with Crippen molar-refractivity contribution < 1.29 is 44.2 Å². The zero-order valence-corrected chi connectivity index (χ0v) is 22.3. The van der Waals surface area contributed by atoms with Gasteiger partial charge in [0.1, 0.15) is 31.2 Å². The summed E-state index contributed by atoms with van der Waals surface area (Å²) in [4.78, 5) is 24.7. The average molecular weight is 535 g/mol. The van der Waals surface area contributed by atoms with Crippen molar-refractivity contribution in [3.63, 3.8) is 0 Å².